The number of hydrogen-bond acceptors (Lipinski definition) is 8. The van der Waals surface area contributed by atoms with Crippen molar-refractivity contribution in [2.24, 2.45) is 0 Å². The van der Waals surface area contributed by atoms with Crippen LogP contribution in [0.25, 0.3) is 21.5 Å². The first-order valence-corrected chi connectivity index (χ1v) is 9.91. The number of thiazole rings is 1. The molecule has 1 aliphatic heterocycles. The Morgan fingerprint density at radius 2 is 2.21 bits per heavy atom. The van der Waals surface area contributed by atoms with Crippen LogP contribution in [-0.2, 0) is 4.74 Å². The second-order valence-corrected chi connectivity index (χ2v) is 7.22. The SMILES string of the molecule is CCNC(=O)Nc1nc2cc(-c3cncnc3)c(OCC3CCCO3)nc2s1. The summed E-state index contributed by atoms with van der Waals surface area (Å²) >= 11 is 1.29. The molecule has 0 saturated carbocycles. The standard InChI is InChI=1S/C18H20N6O3S/c1-2-21-17(25)24-18-22-14-6-13(11-7-19-10-20-8-11)15(23-16(14)28-18)27-9-12-4-3-5-26-12/h6-8,10,12H,2-5,9H2,1H3,(H2,21,22,24,25). The minimum Gasteiger partial charge on any atom is -0.474 e. The van der Waals surface area contributed by atoms with Gasteiger partial charge in [0, 0.05) is 36.7 Å². The van der Waals surface area contributed by atoms with Crippen LogP contribution in [0.15, 0.2) is 24.8 Å². The van der Waals surface area contributed by atoms with Gasteiger partial charge in [0.2, 0.25) is 5.88 Å². The first-order valence-electron chi connectivity index (χ1n) is 9.09. The summed E-state index contributed by atoms with van der Waals surface area (Å²) in [5.74, 6) is 0.478. The van der Waals surface area contributed by atoms with Gasteiger partial charge in [0.15, 0.2) is 5.13 Å². The van der Waals surface area contributed by atoms with E-state index in [1.807, 2.05) is 13.0 Å². The van der Waals surface area contributed by atoms with Gasteiger partial charge in [-0.1, -0.05) is 11.3 Å². The molecule has 0 radical (unpaired) electrons. The Kier molecular flexibility index (Phi) is 5.58. The number of fused-ring (bicyclic) bond motifs is 1. The van der Waals surface area contributed by atoms with E-state index >= 15 is 0 Å². The number of urea groups is 1. The zero-order chi connectivity index (χ0) is 19.3. The predicted octanol–water partition coefficient (Wildman–Crippen LogP) is 2.85. The lowest BCUT2D eigenvalue weighted by molar-refractivity contribution is 0.0667. The van der Waals surface area contributed by atoms with E-state index in [0.717, 1.165) is 30.6 Å². The molecule has 9 nitrogen and oxygen atoms in total. The van der Waals surface area contributed by atoms with Crippen LogP contribution in [0, 0.1) is 0 Å². The number of rotatable bonds is 6. The van der Waals surface area contributed by atoms with Crippen LogP contribution in [0.4, 0.5) is 9.93 Å². The van der Waals surface area contributed by atoms with Gasteiger partial charge in [0.1, 0.15) is 23.3 Å². The molecule has 0 aromatic carbocycles. The summed E-state index contributed by atoms with van der Waals surface area (Å²) in [6.45, 7) is 3.59. The van der Waals surface area contributed by atoms with Crippen molar-refractivity contribution >= 4 is 32.8 Å². The molecule has 0 bridgehead atoms. The Morgan fingerprint density at radius 3 is 2.96 bits per heavy atom. The molecule has 3 aromatic heterocycles. The highest BCUT2D eigenvalue weighted by Crippen LogP contribution is 2.34. The normalized spacial score (nSPS) is 16.2. The zero-order valence-corrected chi connectivity index (χ0v) is 16.2. The van der Waals surface area contributed by atoms with E-state index in [1.54, 1.807) is 12.4 Å². The summed E-state index contributed by atoms with van der Waals surface area (Å²) in [6, 6.07) is 1.58. The summed E-state index contributed by atoms with van der Waals surface area (Å²) in [5, 5.41) is 5.87. The van der Waals surface area contributed by atoms with E-state index in [1.165, 1.54) is 17.7 Å². The number of hydrogen-bond donors (Lipinski definition) is 2. The van der Waals surface area contributed by atoms with Crippen molar-refractivity contribution in [2.75, 3.05) is 25.1 Å². The summed E-state index contributed by atoms with van der Waals surface area (Å²) in [5.41, 5.74) is 2.20. The van der Waals surface area contributed by atoms with E-state index < -0.39 is 0 Å². The highest BCUT2D eigenvalue weighted by molar-refractivity contribution is 7.22. The van der Waals surface area contributed by atoms with Crippen molar-refractivity contribution < 1.29 is 14.3 Å². The van der Waals surface area contributed by atoms with Gasteiger partial charge in [-0.3, -0.25) is 5.32 Å². The third kappa shape index (κ3) is 4.18. The molecule has 1 atom stereocenters. The Labute approximate surface area is 165 Å². The molecule has 4 heterocycles. The van der Waals surface area contributed by atoms with E-state index in [-0.39, 0.29) is 12.1 Å². The van der Waals surface area contributed by atoms with Crippen molar-refractivity contribution in [3.63, 3.8) is 0 Å². The maximum absolute atomic E-state index is 11.8. The zero-order valence-electron chi connectivity index (χ0n) is 15.3. The molecule has 10 heteroatoms. The van der Waals surface area contributed by atoms with Crippen LogP contribution in [0.5, 0.6) is 5.88 Å². The average molecular weight is 400 g/mol. The van der Waals surface area contributed by atoms with Crippen LogP contribution >= 0.6 is 11.3 Å². The summed E-state index contributed by atoms with van der Waals surface area (Å²) in [7, 11) is 0. The van der Waals surface area contributed by atoms with Gasteiger partial charge in [-0.05, 0) is 25.8 Å². The number of pyridine rings is 1. The molecule has 1 fully saturated rings. The monoisotopic (exact) mass is 400 g/mol. The summed E-state index contributed by atoms with van der Waals surface area (Å²) < 4.78 is 11.6. The van der Waals surface area contributed by atoms with Gasteiger partial charge in [-0.25, -0.2) is 24.7 Å². The molecule has 28 heavy (non-hydrogen) atoms. The van der Waals surface area contributed by atoms with Gasteiger partial charge in [-0.2, -0.15) is 0 Å². The fourth-order valence-corrected chi connectivity index (χ4v) is 3.72. The first-order chi connectivity index (χ1) is 13.7. The number of ether oxygens (including phenoxy) is 2. The minimum absolute atomic E-state index is 0.0776. The molecular weight excluding hydrogens is 380 g/mol. The second kappa shape index (κ2) is 8.44. The molecule has 1 saturated heterocycles. The molecule has 3 aromatic rings. The fraction of sp³-hybridized carbons (Fsp3) is 0.389. The van der Waals surface area contributed by atoms with Crippen molar-refractivity contribution in [3.05, 3.63) is 24.8 Å². The van der Waals surface area contributed by atoms with Crippen LogP contribution in [0.2, 0.25) is 0 Å². The van der Waals surface area contributed by atoms with Crippen LogP contribution in [0.3, 0.4) is 0 Å². The second-order valence-electron chi connectivity index (χ2n) is 6.24. The van der Waals surface area contributed by atoms with E-state index in [0.29, 0.717) is 34.5 Å². The molecule has 0 spiro atoms. The number of aromatic nitrogens is 4. The van der Waals surface area contributed by atoms with Gasteiger partial charge >= 0.3 is 6.03 Å². The highest BCUT2D eigenvalue weighted by atomic mass is 32.1. The molecular formula is C18H20N6O3S. The lowest BCUT2D eigenvalue weighted by Crippen LogP contribution is -2.28. The maximum atomic E-state index is 11.8. The number of carbonyl (C=O) groups excluding carboxylic acids is 1. The molecule has 2 amide bonds. The smallest absolute Gasteiger partial charge is 0.321 e. The Hall–Kier alpha value is -2.85. The Morgan fingerprint density at radius 1 is 1.36 bits per heavy atom. The molecule has 146 valence electrons. The summed E-state index contributed by atoms with van der Waals surface area (Å²) in [4.78, 5) is 29.7. The van der Waals surface area contributed by atoms with Crippen molar-refractivity contribution in [1.29, 1.82) is 0 Å². The van der Waals surface area contributed by atoms with Gasteiger partial charge in [0.25, 0.3) is 0 Å². The largest absolute Gasteiger partial charge is 0.474 e. The Balaban J connectivity index is 1.66. The van der Waals surface area contributed by atoms with Crippen LogP contribution < -0.4 is 15.4 Å². The van der Waals surface area contributed by atoms with Crippen molar-refractivity contribution in [3.8, 4) is 17.0 Å². The molecule has 0 aliphatic carbocycles. The topological polar surface area (TPSA) is 111 Å². The van der Waals surface area contributed by atoms with E-state index in [2.05, 4.69) is 30.6 Å². The van der Waals surface area contributed by atoms with Gasteiger partial charge in [-0.15, -0.1) is 0 Å². The lowest BCUT2D eigenvalue weighted by Gasteiger charge is -2.13. The number of amides is 2. The predicted molar refractivity (Wildman–Crippen MR) is 106 cm³/mol. The highest BCUT2D eigenvalue weighted by Gasteiger charge is 2.20. The third-order valence-electron chi connectivity index (χ3n) is 4.21. The average Bonchev–Trinajstić information content (AvgIpc) is 3.35. The van der Waals surface area contributed by atoms with Crippen molar-refractivity contribution in [1.82, 2.24) is 25.3 Å². The molecule has 2 N–H and O–H groups in total. The van der Waals surface area contributed by atoms with Crippen LogP contribution in [-0.4, -0.2) is 51.8 Å². The maximum Gasteiger partial charge on any atom is 0.321 e. The number of nitrogens with one attached hydrogen (secondary N) is 2. The fourth-order valence-electron chi connectivity index (χ4n) is 2.91. The van der Waals surface area contributed by atoms with Crippen LogP contribution in [0.1, 0.15) is 19.8 Å². The van der Waals surface area contributed by atoms with Gasteiger partial charge < -0.3 is 14.8 Å². The molecule has 4 rings (SSSR count). The molecule has 1 unspecified atom stereocenters. The van der Waals surface area contributed by atoms with E-state index in [4.69, 9.17) is 9.47 Å². The quantitative estimate of drug-likeness (QED) is 0.654. The minimum atomic E-state index is -0.298. The lowest BCUT2D eigenvalue weighted by atomic mass is 10.1. The molecule has 1 aliphatic rings. The Bertz CT molecular complexity index is 959. The summed E-state index contributed by atoms with van der Waals surface area (Å²) in [6.07, 6.45) is 6.98. The third-order valence-corrected chi connectivity index (χ3v) is 5.09. The van der Waals surface area contributed by atoms with Crippen molar-refractivity contribution in [2.45, 2.75) is 25.9 Å². The first kappa shape index (κ1) is 18.5. The number of anilines is 1. The number of nitrogens with zero attached hydrogens (tertiary/aromatic N) is 4. The van der Waals surface area contributed by atoms with Gasteiger partial charge in [0.05, 0.1) is 6.10 Å². The number of carbonyl (C=O) groups is 1. The van der Waals surface area contributed by atoms with E-state index in [9.17, 15) is 4.79 Å².